The first-order valence-electron chi connectivity index (χ1n) is 7.08. The number of H-pyrrole nitrogens is 1. The largest absolute Gasteiger partial charge is 0.300 e. The molecule has 5 heteroatoms. The van der Waals surface area contributed by atoms with Crippen LogP contribution in [0.15, 0.2) is 23.0 Å². The highest BCUT2D eigenvalue weighted by Crippen LogP contribution is 2.19. The Morgan fingerprint density at radius 1 is 1.42 bits per heavy atom. The predicted octanol–water partition coefficient (Wildman–Crippen LogP) is 1.44. The van der Waals surface area contributed by atoms with E-state index in [-0.39, 0.29) is 5.56 Å². The van der Waals surface area contributed by atoms with Crippen LogP contribution < -0.4 is 5.56 Å². The van der Waals surface area contributed by atoms with Crippen molar-refractivity contribution in [3.8, 4) is 0 Å². The van der Waals surface area contributed by atoms with Crippen molar-refractivity contribution in [2.24, 2.45) is 0 Å². The van der Waals surface area contributed by atoms with E-state index in [1.165, 1.54) is 30.3 Å². The first-order valence-corrected chi connectivity index (χ1v) is 7.08. The normalized spacial score (nSPS) is 21.0. The Balaban J connectivity index is 1.84. The van der Waals surface area contributed by atoms with E-state index in [4.69, 9.17) is 0 Å². The monoisotopic (exact) mass is 260 g/mol. The molecule has 19 heavy (non-hydrogen) atoms. The van der Waals surface area contributed by atoms with Gasteiger partial charge >= 0.3 is 0 Å². The molecule has 0 radical (unpaired) electrons. The van der Waals surface area contributed by atoms with Crippen molar-refractivity contribution in [3.63, 3.8) is 0 Å². The Bertz CT molecular complexity index is 615. The molecule has 0 amide bonds. The summed E-state index contributed by atoms with van der Waals surface area (Å²) in [6, 6.07) is 5.71. The summed E-state index contributed by atoms with van der Waals surface area (Å²) < 4.78 is 1.52. The van der Waals surface area contributed by atoms with E-state index in [1.54, 1.807) is 12.1 Å². The number of aromatic amines is 1. The average molecular weight is 260 g/mol. The van der Waals surface area contributed by atoms with Crippen LogP contribution in [0, 0.1) is 0 Å². The molecule has 0 saturated carbocycles. The summed E-state index contributed by atoms with van der Waals surface area (Å²) in [6.45, 7) is 4.48. The van der Waals surface area contributed by atoms with Crippen LogP contribution in [-0.2, 0) is 6.42 Å². The lowest BCUT2D eigenvalue weighted by Gasteiger charge is -2.34. The van der Waals surface area contributed by atoms with Crippen molar-refractivity contribution in [3.05, 3.63) is 34.4 Å². The molecule has 1 aliphatic rings. The van der Waals surface area contributed by atoms with Crippen LogP contribution in [0.5, 0.6) is 0 Å². The fraction of sp³-hybridized carbons (Fsp3) is 0.571. The summed E-state index contributed by atoms with van der Waals surface area (Å²) in [5, 5.41) is 3.12. The molecule has 1 unspecified atom stereocenters. The number of likely N-dealkylation sites (tertiary alicyclic amines) is 1. The van der Waals surface area contributed by atoms with Gasteiger partial charge < -0.3 is 4.90 Å². The minimum Gasteiger partial charge on any atom is -0.300 e. The van der Waals surface area contributed by atoms with Gasteiger partial charge in [0.1, 0.15) is 5.82 Å². The Morgan fingerprint density at radius 2 is 2.32 bits per heavy atom. The Kier molecular flexibility index (Phi) is 3.38. The second-order valence-electron chi connectivity index (χ2n) is 5.21. The zero-order valence-electron chi connectivity index (χ0n) is 11.3. The van der Waals surface area contributed by atoms with E-state index in [2.05, 4.69) is 21.9 Å². The van der Waals surface area contributed by atoms with Gasteiger partial charge in [0.2, 0.25) is 0 Å². The summed E-state index contributed by atoms with van der Waals surface area (Å²) in [5.74, 6) is 0.911. The lowest BCUT2D eigenvalue weighted by molar-refractivity contribution is 0.154. The maximum atomic E-state index is 11.7. The zero-order chi connectivity index (χ0) is 13.2. The van der Waals surface area contributed by atoms with Gasteiger partial charge in [-0.3, -0.25) is 9.89 Å². The summed E-state index contributed by atoms with van der Waals surface area (Å²) in [6.07, 6.45) is 4.71. The molecule has 3 rings (SSSR count). The van der Waals surface area contributed by atoms with Gasteiger partial charge in [-0.25, -0.2) is 9.50 Å². The van der Waals surface area contributed by atoms with E-state index in [1.807, 2.05) is 6.07 Å². The van der Waals surface area contributed by atoms with Crippen molar-refractivity contribution in [2.45, 2.75) is 38.6 Å². The molecule has 102 valence electrons. The van der Waals surface area contributed by atoms with Crippen molar-refractivity contribution in [1.82, 2.24) is 19.5 Å². The van der Waals surface area contributed by atoms with Gasteiger partial charge in [0.05, 0.1) is 0 Å². The number of fused-ring (bicyclic) bond motifs is 1. The highest BCUT2D eigenvalue weighted by atomic mass is 16.1. The number of pyridine rings is 1. The van der Waals surface area contributed by atoms with E-state index in [0.717, 1.165) is 18.8 Å². The van der Waals surface area contributed by atoms with Gasteiger partial charge in [-0.1, -0.05) is 19.4 Å². The maximum absolute atomic E-state index is 11.7. The SMILES string of the molecule is CCN1CCCCC1Cc1nc2cccc(=O)n2[nH]1. The summed E-state index contributed by atoms with van der Waals surface area (Å²) >= 11 is 0. The number of hydrogen-bond acceptors (Lipinski definition) is 3. The van der Waals surface area contributed by atoms with Gasteiger partial charge in [0.25, 0.3) is 5.56 Å². The molecule has 1 N–H and O–H groups in total. The number of aromatic nitrogens is 3. The highest BCUT2D eigenvalue weighted by Gasteiger charge is 2.22. The van der Waals surface area contributed by atoms with Crippen LogP contribution in [-0.4, -0.2) is 38.6 Å². The van der Waals surface area contributed by atoms with Crippen molar-refractivity contribution >= 4 is 5.65 Å². The Hall–Kier alpha value is -1.62. The van der Waals surface area contributed by atoms with Crippen LogP contribution in [0.3, 0.4) is 0 Å². The molecule has 3 heterocycles. The Labute approximate surface area is 112 Å². The van der Waals surface area contributed by atoms with Gasteiger partial charge in [-0.2, -0.15) is 0 Å². The zero-order valence-corrected chi connectivity index (χ0v) is 11.3. The molecule has 1 atom stereocenters. The quantitative estimate of drug-likeness (QED) is 0.908. The van der Waals surface area contributed by atoms with Gasteiger partial charge in [-0.05, 0) is 32.0 Å². The van der Waals surface area contributed by atoms with Crippen LogP contribution >= 0.6 is 0 Å². The fourth-order valence-electron chi connectivity index (χ4n) is 2.99. The van der Waals surface area contributed by atoms with Gasteiger partial charge in [0.15, 0.2) is 5.65 Å². The fourth-order valence-corrected chi connectivity index (χ4v) is 2.99. The predicted molar refractivity (Wildman–Crippen MR) is 74.4 cm³/mol. The third-order valence-electron chi connectivity index (χ3n) is 4.01. The molecular weight excluding hydrogens is 240 g/mol. The van der Waals surface area contributed by atoms with Gasteiger partial charge in [0, 0.05) is 18.5 Å². The summed E-state index contributed by atoms with van der Waals surface area (Å²) in [4.78, 5) is 18.7. The van der Waals surface area contributed by atoms with Crippen LogP contribution in [0.4, 0.5) is 0 Å². The minimum atomic E-state index is -0.0489. The van der Waals surface area contributed by atoms with E-state index in [0.29, 0.717) is 11.7 Å². The molecule has 1 fully saturated rings. The summed E-state index contributed by atoms with van der Waals surface area (Å²) in [7, 11) is 0. The second kappa shape index (κ2) is 5.17. The van der Waals surface area contributed by atoms with E-state index in [9.17, 15) is 4.79 Å². The highest BCUT2D eigenvalue weighted by molar-refractivity contribution is 5.36. The molecule has 2 aromatic heterocycles. The average Bonchev–Trinajstić information content (AvgIpc) is 2.83. The van der Waals surface area contributed by atoms with Gasteiger partial charge in [-0.15, -0.1) is 0 Å². The van der Waals surface area contributed by atoms with E-state index < -0.39 is 0 Å². The standard InChI is InChI=1S/C14H20N4O/c1-2-17-9-4-3-6-11(17)10-12-15-13-7-5-8-14(19)18(13)16-12/h5,7-8,11H,2-4,6,9-10H2,1H3,(H,15,16). The van der Waals surface area contributed by atoms with Crippen LogP contribution in [0.2, 0.25) is 0 Å². The minimum absolute atomic E-state index is 0.0489. The smallest absolute Gasteiger partial charge is 0.271 e. The lowest BCUT2D eigenvalue weighted by Crippen LogP contribution is -2.40. The number of likely N-dealkylation sites (N-methyl/N-ethyl adjacent to an activating group) is 1. The molecule has 1 aliphatic heterocycles. The third-order valence-corrected chi connectivity index (χ3v) is 4.01. The maximum Gasteiger partial charge on any atom is 0.271 e. The Morgan fingerprint density at radius 3 is 3.11 bits per heavy atom. The molecule has 1 saturated heterocycles. The number of rotatable bonds is 3. The molecule has 0 spiro atoms. The van der Waals surface area contributed by atoms with Crippen molar-refractivity contribution in [1.29, 1.82) is 0 Å². The molecule has 0 aromatic carbocycles. The van der Waals surface area contributed by atoms with Crippen LogP contribution in [0.25, 0.3) is 5.65 Å². The molecule has 5 nitrogen and oxygen atoms in total. The number of piperidine rings is 1. The molecule has 2 aromatic rings. The third kappa shape index (κ3) is 2.42. The first kappa shape index (κ1) is 12.4. The molecule has 0 bridgehead atoms. The van der Waals surface area contributed by atoms with E-state index >= 15 is 0 Å². The second-order valence-corrected chi connectivity index (χ2v) is 5.21. The van der Waals surface area contributed by atoms with Crippen molar-refractivity contribution < 1.29 is 0 Å². The topological polar surface area (TPSA) is 53.4 Å². The molecular formula is C14H20N4O. The number of hydrogen-bond donors (Lipinski definition) is 1. The van der Waals surface area contributed by atoms with Crippen LogP contribution in [0.1, 0.15) is 32.0 Å². The van der Waals surface area contributed by atoms with Crippen molar-refractivity contribution in [2.75, 3.05) is 13.1 Å². The lowest BCUT2D eigenvalue weighted by atomic mass is 9.99. The summed E-state index contributed by atoms with van der Waals surface area (Å²) in [5.41, 5.74) is 0.661. The number of nitrogens with zero attached hydrogens (tertiary/aromatic N) is 3. The first-order chi connectivity index (χ1) is 9.28. The number of nitrogens with one attached hydrogen (secondary N) is 1. The molecule has 0 aliphatic carbocycles.